The van der Waals surface area contributed by atoms with Gasteiger partial charge in [-0.25, -0.2) is 9.36 Å². The highest BCUT2D eigenvalue weighted by Crippen LogP contribution is 2.31. The molecule has 1 fully saturated rings. The Morgan fingerprint density at radius 3 is 2.46 bits per heavy atom. The summed E-state index contributed by atoms with van der Waals surface area (Å²) in [6.45, 7) is 1.80. The molecule has 1 unspecified atom stereocenters. The maximum Gasteiger partial charge on any atom is 0.416 e. The molecule has 0 bridgehead atoms. The van der Waals surface area contributed by atoms with Gasteiger partial charge in [-0.2, -0.15) is 17.6 Å². The summed E-state index contributed by atoms with van der Waals surface area (Å²) in [6, 6.07) is 3.28. The van der Waals surface area contributed by atoms with Crippen LogP contribution in [0, 0.1) is 11.7 Å². The van der Waals surface area contributed by atoms with Crippen LogP contribution < -0.4 is 17.0 Å². The van der Waals surface area contributed by atoms with E-state index in [9.17, 15) is 37.1 Å². The monoisotopic (exact) mass is 533 g/mol. The number of halogens is 4. The minimum absolute atomic E-state index is 0.0541. The van der Waals surface area contributed by atoms with Gasteiger partial charge in [0, 0.05) is 6.42 Å². The zero-order valence-corrected chi connectivity index (χ0v) is 20.0. The third-order valence-electron chi connectivity index (χ3n) is 5.90. The number of nitrogens with two attached hydrogens (primary N) is 1. The SMILES string of the molecule is CC(C)[C@H](N)C(=O)OCn1c(=O)c(F)cn([C@H]2CC(OCc3ccc(C(F)(F)F)cc3)[C@@H](CO)O2)c1=O. The van der Waals surface area contributed by atoms with Crippen molar-refractivity contribution in [3.05, 3.63) is 68.2 Å². The molecule has 0 spiro atoms. The zero-order valence-electron chi connectivity index (χ0n) is 20.0. The first-order valence-corrected chi connectivity index (χ1v) is 11.3. The molecular weight excluding hydrogens is 506 g/mol. The number of rotatable bonds is 9. The van der Waals surface area contributed by atoms with Crippen LogP contribution in [0.4, 0.5) is 17.6 Å². The smallest absolute Gasteiger partial charge is 0.416 e. The average molecular weight is 533 g/mol. The highest BCUT2D eigenvalue weighted by atomic mass is 19.4. The van der Waals surface area contributed by atoms with Crippen molar-refractivity contribution in [3.63, 3.8) is 0 Å². The van der Waals surface area contributed by atoms with Crippen molar-refractivity contribution in [1.29, 1.82) is 0 Å². The molecule has 3 rings (SSSR count). The summed E-state index contributed by atoms with van der Waals surface area (Å²) in [5.74, 6) is -2.48. The number of nitrogens with zero attached hydrogens (tertiary/aromatic N) is 2. The number of aromatic nitrogens is 2. The van der Waals surface area contributed by atoms with Crippen molar-refractivity contribution in [2.75, 3.05) is 6.61 Å². The number of hydrogen-bond acceptors (Lipinski definition) is 8. The second-order valence-corrected chi connectivity index (χ2v) is 8.85. The van der Waals surface area contributed by atoms with Gasteiger partial charge >= 0.3 is 17.8 Å². The zero-order chi connectivity index (χ0) is 27.5. The minimum atomic E-state index is -4.48. The summed E-state index contributed by atoms with van der Waals surface area (Å²) in [5, 5.41) is 9.67. The van der Waals surface area contributed by atoms with Crippen LogP contribution in [-0.2, 0) is 38.5 Å². The van der Waals surface area contributed by atoms with Crippen molar-refractivity contribution < 1.29 is 41.7 Å². The van der Waals surface area contributed by atoms with Crippen molar-refractivity contribution in [2.24, 2.45) is 11.7 Å². The summed E-state index contributed by atoms with van der Waals surface area (Å²) in [5.41, 5.74) is 2.92. The van der Waals surface area contributed by atoms with Gasteiger partial charge in [0.25, 0.3) is 5.56 Å². The summed E-state index contributed by atoms with van der Waals surface area (Å²) < 4.78 is 70.0. The van der Waals surface area contributed by atoms with Crippen molar-refractivity contribution in [3.8, 4) is 0 Å². The number of alkyl halides is 3. The molecule has 1 aliphatic heterocycles. The quantitative estimate of drug-likeness (QED) is 0.366. The standard InChI is InChI=1S/C23H27F4N3O7/c1-12(2)19(28)21(33)36-11-30-20(32)15(24)8-29(22(30)34)18-7-16(17(9-31)37-18)35-10-13-3-5-14(6-4-13)23(25,26)27/h3-6,8,12,16-19,31H,7,9-11,28H2,1-2H3/t16?,17-,18-,19+/m1/s1. The molecule has 0 aliphatic carbocycles. The van der Waals surface area contributed by atoms with Gasteiger partial charge in [0.2, 0.25) is 5.82 Å². The van der Waals surface area contributed by atoms with E-state index in [1.54, 1.807) is 13.8 Å². The van der Waals surface area contributed by atoms with Gasteiger partial charge in [0.15, 0.2) is 6.73 Å². The van der Waals surface area contributed by atoms with Gasteiger partial charge in [-0.1, -0.05) is 26.0 Å². The molecule has 0 radical (unpaired) electrons. The Bertz CT molecular complexity index is 1210. The predicted molar refractivity (Wildman–Crippen MR) is 119 cm³/mol. The Balaban J connectivity index is 1.74. The lowest BCUT2D eigenvalue weighted by Gasteiger charge is -2.18. The number of benzene rings is 1. The average Bonchev–Trinajstić information content (AvgIpc) is 3.26. The van der Waals surface area contributed by atoms with Gasteiger partial charge in [-0.15, -0.1) is 0 Å². The maximum absolute atomic E-state index is 14.4. The number of esters is 1. The van der Waals surface area contributed by atoms with Crippen molar-refractivity contribution in [1.82, 2.24) is 9.13 Å². The lowest BCUT2D eigenvalue weighted by atomic mass is 10.1. The number of carbonyl (C=O) groups excluding carboxylic acids is 1. The van der Waals surface area contributed by atoms with Gasteiger partial charge in [0.05, 0.1) is 31.1 Å². The molecule has 37 heavy (non-hydrogen) atoms. The minimum Gasteiger partial charge on any atom is -0.442 e. The van der Waals surface area contributed by atoms with Gasteiger partial charge in [-0.05, 0) is 23.6 Å². The number of hydrogen-bond donors (Lipinski definition) is 2. The molecule has 2 aromatic rings. The lowest BCUT2D eigenvalue weighted by molar-refractivity contribution is -0.150. The Morgan fingerprint density at radius 2 is 1.89 bits per heavy atom. The van der Waals surface area contributed by atoms with Crippen LogP contribution in [0.5, 0.6) is 0 Å². The summed E-state index contributed by atoms with van der Waals surface area (Å²) in [7, 11) is 0. The highest BCUT2D eigenvalue weighted by molar-refractivity contribution is 5.75. The topological polar surface area (TPSA) is 135 Å². The van der Waals surface area contributed by atoms with Crippen molar-refractivity contribution in [2.45, 2.75) is 64.3 Å². The predicted octanol–water partition coefficient (Wildman–Crippen LogP) is 1.52. The van der Waals surface area contributed by atoms with Gasteiger partial charge in [-0.3, -0.25) is 14.2 Å². The summed E-state index contributed by atoms with van der Waals surface area (Å²) >= 11 is 0. The third kappa shape index (κ3) is 6.63. The van der Waals surface area contributed by atoms with E-state index in [1.807, 2.05) is 0 Å². The molecule has 14 heteroatoms. The second kappa shape index (κ2) is 11.5. The van der Waals surface area contributed by atoms with E-state index in [1.165, 1.54) is 12.1 Å². The molecule has 1 aromatic heterocycles. The van der Waals surface area contributed by atoms with Crippen LogP contribution in [0.2, 0.25) is 0 Å². The van der Waals surface area contributed by atoms with E-state index in [4.69, 9.17) is 19.9 Å². The largest absolute Gasteiger partial charge is 0.442 e. The first-order chi connectivity index (χ1) is 17.3. The summed E-state index contributed by atoms with van der Waals surface area (Å²) in [4.78, 5) is 37.1. The second-order valence-electron chi connectivity index (χ2n) is 8.85. The Morgan fingerprint density at radius 1 is 1.24 bits per heavy atom. The molecule has 10 nitrogen and oxygen atoms in total. The number of ether oxygens (including phenoxy) is 3. The fourth-order valence-electron chi connectivity index (χ4n) is 3.61. The molecule has 4 atom stereocenters. The fourth-order valence-corrected chi connectivity index (χ4v) is 3.61. The first kappa shape index (κ1) is 28.5. The molecule has 0 saturated carbocycles. The molecule has 1 saturated heterocycles. The van der Waals surface area contributed by atoms with Gasteiger partial charge in [0.1, 0.15) is 18.4 Å². The Kier molecular flexibility index (Phi) is 8.89. The summed E-state index contributed by atoms with van der Waals surface area (Å²) in [6.07, 6.45) is -6.81. The number of aliphatic hydroxyl groups excluding tert-OH is 1. The van der Waals surface area contributed by atoms with Gasteiger partial charge < -0.3 is 25.1 Å². The first-order valence-electron chi connectivity index (χ1n) is 11.3. The molecule has 204 valence electrons. The maximum atomic E-state index is 14.4. The van der Waals surface area contributed by atoms with Crippen LogP contribution in [0.1, 0.15) is 37.6 Å². The molecule has 1 aliphatic rings. The molecule has 0 amide bonds. The Hall–Kier alpha value is -3.07. The van der Waals surface area contributed by atoms with Crippen LogP contribution >= 0.6 is 0 Å². The van der Waals surface area contributed by atoms with Crippen LogP contribution in [-0.4, -0.2) is 45.1 Å². The molecule has 2 heterocycles. The molecule has 1 aromatic carbocycles. The lowest BCUT2D eigenvalue weighted by Crippen LogP contribution is -2.44. The van der Waals surface area contributed by atoms with Crippen LogP contribution in [0.3, 0.4) is 0 Å². The van der Waals surface area contributed by atoms with E-state index < -0.39 is 72.6 Å². The van der Waals surface area contributed by atoms with Crippen molar-refractivity contribution >= 4 is 5.97 Å². The van der Waals surface area contributed by atoms with E-state index in [0.717, 1.165) is 16.7 Å². The van der Waals surface area contributed by atoms with E-state index >= 15 is 0 Å². The van der Waals surface area contributed by atoms with E-state index in [-0.39, 0.29) is 18.9 Å². The number of aliphatic hydroxyl groups is 1. The molecule has 3 N–H and O–H groups in total. The third-order valence-corrected chi connectivity index (χ3v) is 5.90. The molecular formula is C23H27F4N3O7. The normalized spacial score (nSPS) is 20.8. The Labute approximate surface area is 208 Å². The number of carbonyl (C=O) groups is 1. The van der Waals surface area contributed by atoms with E-state index in [2.05, 4.69) is 0 Å². The fraction of sp³-hybridized carbons (Fsp3) is 0.522. The van der Waals surface area contributed by atoms with E-state index in [0.29, 0.717) is 16.3 Å². The highest BCUT2D eigenvalue weighted by Gasteiger charge is 2.38. The van der Waals surface area contributed by atoms with Crippen LogP contribution in [0.15, 0.2) is 40.1 Å². The van der Waals surface area contributed by atoms with Crippen LogP contribution in [0.25, 0.3) is 0 Å².